The van der Waals surface area contributed by atoms with Gasteiger partial charge in [-0.15, -0.1) is 12.4 Å². The van der Waals surface area contributed by atoms with E-state index < -0.39 is 9.84 Å². The van der Waals surface area contributed by atoms with Gasteiger partial charge in [-0.1, -0.05) is 25.7 Å². The van der Waals surface area contributed by atoms with Crippen molar-refractivity contribution in [3.8, 4) is 0 Å². The molecule has 2 fully saturated rings. The molecule has 5 nitrogen and oxygen atoms in total. The van der Waals surface area contributed by atoms with E-state index in [4.69, 9.17) is 0 Å². The summed E-state index contributed by atoms with van der Waals surface area (Å²) in [6, 6.07) is 0.601. The maximum absolute atomic E-state index is 11.8. The van der Waals surface area contributed by atoms with Crippen molar-refractivity contribution in [2.45, 2.75) is 57.4 Å². The maximum atomic E-state index is 11.8. The SMILES string of the molecule is Cl.O=C(CC1CCS(=O)(=O)C1)NCCNC1CCCCCC1. The highest BCUT2D eigenvalue weighted by atomic mass is 35.5. The average molecular weight is 353 g/mol. The Morgan fingerprint density at radius 2 is 1.68 bits per heavy atom. The third-order valence-electron chi connectivity index (χ3n) is 4.54. The Labute approximate surface area is 140 Å². The molecule has 2 N–H and O–H groups in total. The van der Waals surface area contributed by atoms with Crippen LogP contribution in [0.4, 0.5) is 0 Å². The van der Waals surface area contributed by atoms with Crippen LogP contribution in [-0.2, 0) is 14.6 Å². The summed E-state index contributed by atoms with van der Waals surface area (Å²) < 4.78 is 22.7. The molecule has 2 aliphatic rings. The molecule has 0 bridgehead atoms. The first kappa shape index (κ1) is 19.7. The normalized spacial score (nSPS) is 25.2. The van der Waals surface area contributed by atoms with Gasteiger partial charge in [-0.25, -0.2) is 8.42 Å². The summed E-state index contributed by atoms with van der Waals surface area (Å²) in [5.74, 6) is 0.430. The largest absolute Gasteiger partial charge is 0.355 e. The smallest absolute Gasteiger partial charge is 0.220 e. The van der Waals surface area contributed by atoms with E-state index in [1.807, 2.05) is 0 Å². The Bertz CT molecular complexity index is 434. The van der Waals surface area contributed by atoms with Gasteiger partial charge in [-0.2, -0.15) is 0 Å². The molecule has 130 valence electrons. The zero-order valence-corrected chi connectivity index (χ0v) is 14.8. The van der Waals surface area contributed by atoms with Crippen LogP contribution in [0.1, 0.15) is 51.4 Å². The van der Waals surface area contributed by atoms with E-state index in [1.54, 1.807) is 0 Å². The van der Waals surface area contributed by atoms with Crippen molar-refractivity contribution < 1.29 is 13.2 Å². The molecule has 1 atom stereocenters. The first-order chi connectivity index (χ1) is 10.1. The predicted octanol–water partition coefficient (Wildman–Crippen LogP) is 1.66. The standard InChI is InChI=1S/C15H28N2O3S.ClH/c18-15(11-13-7-10-21(19,20)12-13)17-9-8-16-14-5-3-1-2-4-6-14;/h13-14,16H,1-12H2,(H,17,18);1H. The van der Waals surface area contributed by atoms with E-state index in [1.165, 1.54) is 38.5 Å². The minimum atomic E-state index is -2.88. The zero-order chi connectivity index (χ0) is 15.1. The number of carbonyl (C=O) groups excluding carboxylic acids is 1. The second kappa shape index (κ2) is 9.73. The molecule has 0 radical (unpaired) electrons. The van der Waals surface area contributed by atoms with Gasteiger partial charge in [-0.05, 0) is 25.2 Å². The first-order valence-electron chi connectivity index (χ1n) is 8.26. The van der Waals surface area contributed by atoms with E-state index in [0.29, 0.717) is 25.4 Å². The van der Waals surface area contributed by atoms with Crippen molar-refractivity contribution in [3.63, 3.8) is 0 Å². The minimum Gasteiger partial charge on any atom is -0.355 e. The van der Waals surface area contributed by atoms with Crippen molar-refractivity contribution in [1.29, 1.82) is 0 Å². The highest BCUT2D eigenvalue weighted by Crippen LogP contribution is 2.21. The molecule has 0 spiro atoms. The molecule has 1 aliphatic carbocycles. The fourth-order valence-corrected chi connectivity index (χ4v) is 5.19. The van der Waals surface area contributed by atoms with Crippen molar-refractivity contribution in [3.05, 3.63) is 0 Å². The molecule has 2 rings (SSSR count). The predicted molar refractivity (Wildman–Crippen MR) is 91.1 cm³/mol. The quantitative estimate of drug-likeness (QED) is 0.563. The highest BCUT2D eigenvalue weighted by Gasteiger charge is 2.29. The average Bonchev–Trinajstić information content (AvgIpc) is 2.65. The van der Waals surface area contributed by atoms with E-state index in [2.05, 4.69) is 10.6 Å². The number of sulfone groups is 1. The van der Waals surface area contributed by atoms with E-state index >= 15 is 0 Å². The second-order valence-corrected chi connectivity index (χ2v) is 8.69. The van der Waals surface area contributed by atoms with Gasteiger partial charge in [0.15, 0.2) is 9.84 Å². The topological polar surface area (TPSA) is 75.3 Å². The Kier molecular flexibility index (Phi) is 8.72. The maximum Gasteiger partial charge on any atom is 0.220 e. The summed E-state index contributed by atoms with van der Waals surface area (Å²) in [6.07, 6.45) is 8.78. The Hall–Kier alpha value is -0.330. The minimum absolute atomic E-state index is 0. The molecule has 1 unspecified atom stereocenters. The van der Waals surface area contributed by atoms with Crippen LogP contribution in [0.15, 0.2) is 0 Å². The van der Waals surface area contributed by atoms with Gasteiger partial charge in [0.2, 0.25) is 5.91 Å². The molecule has 1 amide bonds. The van der Waals surface area contributed by atoms with Gasteiger partial charge in [-0.3, -0.25) is 4.79 Å². The molecule has 0 aromatic carbocycles. The number of rotatable bonds is 6. The van der Waals surface area contributed by atoms with Crippen molar-refractivity contribution in [2.24, 2.45) is 5.92 Å². The summed E-state index contributed by atoms with van der Waals surface area (Å²) in [5, 5.41) is 6.41. The molecule has 22 heavy (non-hydrogen) atoms. The lowest BCUT2D eigenvalue weighted by molar-refractivity contribution is -0.121. The lowest BCUT2D eigenvalue weighted by Gasteiger charge is -2.16. The molecular weight excluding hydrogens is 324 g/mol. The van der Waals surface area contributed by atoms with Crippen LogP contribution in [0.5, 0.6) is 0 Å². The van der Waals surface area contributed by atoms with Crippen LogP contribution in [0.2, 0.25) is 0 Å². The number of hydrogen-bond acceptors (Lipinski definition) is 4. The Morgan fingerprint density at radius 3 is 2.27 bits per heavy atom. The van der Waals surface area contributed by atoms with Crippen LogP contribution < -0.4 is 10.6 Å². The van der Waals surface area contributed by atoms with Gasteiger partial charge >= 0.3 is 0 Å². The van der Waals surface area contributed by atoms with E-state index in [9.17, 15) is 13.2 Å². The fraction of sp³-hybridized carbons (Fsp3) is 0.933. The van der Waals surface area contributed by atoms with Gasteiger partial charge in [0.25, 0.3) is 0 Å². The number of carbonyl (C=O) groups is 1. The number of halogens is 1. The molecular formula is C15H29ClN2O3S. The summed E-state index contributed by atoms with van der Waals surface area (Å²) in [5.41, 5.74) is 0. The number of amides is 1. The summed E-state index contributed by atoms with van der Waals surface area (Å²) in [4.78, 5) is 11.8. The van der Waals surface area contributed by atoms with Crippen LogP contribution in [0.3, 0.4) is 0 Å². The lowest BCUT2D eigenvalue weighted by atomic mass is 10.1. The zero-order valence-electron chi connectivity index (χ0n) is 13.2. The van der Waals surface area contributed by atoms with Crippen LogP contribution in [-0.4, -0.2) is 45.0 Å². The molecule has 7 heteroatoms. The Morgan fingerprint density at radius 1 is 1.00 bits per heavy atom. The second-order valence-electron chi connectivity index (χ2n) is 6.47. The van der Waals surface area contributed by atoms with Gasteiger partial charge < -0.3 is 10.6 Å². The molecule has 1 aliphatic heterocycles. The van der Waals surface area contributed by atoms with Crippen LogP contribution in [0, 0.1) is 5.92 Å². The lowest BCUT2D eigenvalue weighted by Crippen LogP contribution is -2.37. The van der Waals surface area contributed by atoms with E-state index in [0.717, 1.165) is 6.54 Å². The van der Waals surface area contributed by atoms with Crippen molar-refractivity contribution in [2.75, 3.05) is 24.6 Å². The van der Waals surface area contributed by atoms with Crippen LogP contribution in [0.25, 0.3) is 0 Å². The highest BCUT2D eigenvalue weighted by molar-refractivity contribution is 7.91. The third-order valence-corrected chi connectivity index (χ3v) is 6.37. The van der Waals surface area contributed by atoms with Gasteiger partial charge in [0.1, 0.15) is 0 Å². The molecule has 1 saturated carbocycles. The summed E-state index contributed by atoms with van der Waals surface area (Å²) >= 11 is 0. The number of hydrogen-bond donors (Lipinski definition) is 2. The van der Waals surface area contributed by atoms with Crippen molar-refractivity contribution in [1.82, 2.24) is 10.6 Å². The Balaban J connectivity index is 0.00000242. The summed E-state index contributed by atoms with van der Waals surface area (Å²) in [7, 11) is -2.88. The van der Waals surface area contributed by atoms with E-state index in [-0.39, 0.29) is 35.7 Å². The molecule has 0 aromatic rings. The molecule has 1 heterocycles. The van der Waals surface area contributed by atoms with Crippen LogP contribution >= 0.6 is 12.4 Å². The van der Waals surface area contributed by atoms with Crippen molar-refractivity contribution >= 4 is 28.2 Å². The van der Waals surface area contributed by atoms with Gasteiger partial charge in [0.05, 0.1) is 11.5 Å². The molecule has 1 saturated heterocycles. The fourth-order valence-electron chi connectivity index (χ4n) is 3.33. The number of nitrogens with one attached hydrogen (secondary N) is 2. The molecule has 0 aromatic heterocycles. The summed E-state index contributed by atoms with van der Waals surface area (Å²) in [6.45, 7) is 1.44. The monoisotopic (exact) mass is 352 g/mol. The first-order valence-corrected chi connectivity index (χ1v) is 10.1. The third kappa shape index (κ3) is 7.29. The van der Waals surface area contributed by atoms with Gasteiger partial charge in [0, 0.05) is 25.6 Å².